The van der Waals surface area contributed by atoms with Crippen molar-refractivity contribution in [1.82, 2.24) is 0 Å². The normalized spacial score (nSPS) is 16.6. The van der Waals surface area contributed by atoms with Crippen LogP contribution in [0.25, 0.3) is 11.0 Å². The molecular weight excluding hydrogens is 423 g/mol. The number of benzene rings is 2. The van der Waals surface area contributed by atoms with Crippen LogP contribution in [0.3, 0.4) is 0 Å². The van der Waals surface area contributed by atoms with Crippen LogP contribution < -0.4 is 15.6 Å². The van der Waals surface area contributed by atoms with Gasteiger partial charge in [0.1, 0.15) is 11.4 Å². The van der Waals surface area contributed by atoms with Crippen molar-refractivity contribution >= 4 is 28.5 Å². The van der Waals surface area contributed by atoms with Gasteiger partial charge in [-0.15, -0.1) is 0 Å². The first-order valence-corrected chi connectivity index (χ1v) is 11.2. The highest BCUT2D eigenvalue weighted by Crippen LogP contribution is 2.34. The Morgan fingerprint density at radius 1 is 1.18 bits per heavy atom. The zero-order valence-corrected chi connectivity index (χ0v) is 19.4. The maximum atomic E-state index is 13.8. The van der Waals surface area contributed by atoms with Crippen LogP contribution in [0.4, 0.5) is 16.0 Å². The molecule has 0 radical (unpaired) electrons. The maximum absolute atomic E-state index is 13.8. The van der Waals surface area contributed by atoms with E-state index in [9.17, 15) is 19.1 Å². The molecule has 0 bridgehead atoms. The van der Waals surface area contributed by atoms with Crippen LogP contribution >= 0.6 is 0 Å². The summed E-state index contributed by atoms with van der Waals surface area (Å²) in [7, 11) is 0. The van der Waals surface area contributed by atoms with Gasteiger partial charge in [0.25, 0.3) is 0 Å². The average Bonchev–Trinajstić information content (AvgIpc) is 2.73. The van der Waals surface area contributed by atoms with Crippen LogP contribution in [-0.2, 0) is 0 Å². The Labute approximate surface area is 192 Å². The lowest BCUT2D eigenvalue weighted by atomic mass is 9.83. The summed E-state index contributed by atoms with van der Waals surface area (Å²) in [5.74, 6) is -1.15. The van der Waals surface area contributed by atoms with Crippen LogP contribution in [0.15, 0.2) is 45.6 Å². The minimum Gasteiger partial charge on any atom is -0.478 e. The van der Waals surface area contributed by atoms with Crippen molar-refractivity contribution in [2.75, 3.05) is 23.3 Å². The molecule has 1 aromatic heterocycles. The topological polar surface area (TPSA) is 82.8 Å². The van der Waals surface area contributed by atoms with E-state index >= 15 is 0 Å². The van der Waals surface area contributed by atoms with Gasteiger partial charge in [-0.25, -0.2) is 9.18 Å². The first-order chi connectivity index (χ1) is 15.5. The Morgan fingerprint density at radius 3 is 2.55 bits per heavy atom. The highest BCUT2D eigenvalue weighted by atomic mass is 19.1. The van der Waals surface area contributed by atoms with E-state index in [0.29, 0.717) is 22.4 Å². The number of carbonyl (C=O) groups is 1. The van der Waals surface area contributed by atoms with Gasteiger partial charge in [-0.2, -0.15) is 0 Å². The molecule has 0 aliphatic carbocycles. The third-order valence-corrected chi connectivity index (χ3v) is 6.47. The van der Waals surface area contributed by atoms with E-state index in [1.807, 2.05) is 19.9 Å². The highest BCUT2D eigenvalue weighted by molar-refractivity contribution is 5.94. The Morgan fingerprint density at radius 2 is 1.88 bits per heavy atom. The van der Waals surface area contributed by atoms with Crippen molar-refractivity contribution in [3.63, 3.8) is 0 Å². The molecule has 4 rings (SSSR count). The van der Waals surface area contributed by atoms with Crippen molar-refractivity contribution in [3.05, 3.63) is 69.1 Å². The second kappa shape index (κ2) is 8.54. The number of aryl methyl sites for hydroxylation is 1. The number of anilines is 2. The fourth-order valence-electron chi connectivity index (χ4n) is 4.37. The van der Waals surface area contributed by atoms with Gasteiger partial charge in [0.2, 0.25) is 0 Å². The Hall–Kier alpha value is -3.35. The molecule has 1 unspecified atom stereocenters. The van der Waals surface area contributed by atoms with Gasteiger partial charge in [-0.3, -0.25) is 4.79 Å². The molecular formula is C26H29FN2O4. The van der Waals surface area contributed by atoms with E-state index in [-0.39, 0.29) is 22.1 Å². The van der Waals surface area contributed by atoms with Crippen molar-refractivity contribution in [1.29, 1.82) is 0 Å². The number of carboxylic acid groups (broad SMARTS) is 1. The molecule has 7 heteroatoms. The second-order valence-corrected chi connectivity index (χ2v) is 9.69. The molecule has 2 heterocycles. The van der Waals surface area contributed by atoms with Crippen LogP contribution in [0.5, 0.6) is 0 Å². The second-order valence-electron chi connectivity index (χ2n) is 9.69. The molecule has 0 amide bonds. The number of hydrogen-bond donors (Lipinski definition) is 2. The van der Waals surface area contributed by atoms with Gasteiger partial charge in [0, 0.05) is 24.7 Å². The lowest BCUT2D eigenvalue weighted by molar-refractivity contribution is 0.0698. The Kier molecular flexibility index (Phi) is 5.91. The number of nitrogens with zero attached hydrogens (tertiary/aromatic N) is 1. The van der Waals surface area contributed by atoms with Gasteiger partial charge < -0.3 is 19.7 Å². The molecule has 6 nitrogen and oxygen atoms in total. The van der Waals surface area contributed by atoms with Gasteiger partial charge in [0.15, 0.2) is 11.3 Å². The van der Waals surface area contributed by atoms with E-state index in [0.717, 1.165) is 43.6 Å². The van der Waals surface area contributed by atoms with E-state index in [4.69, 9.17) is 4.42 Å². The third kappa shape index (κ3) is 4.72. The zero-order chi connectivity index (χ0) is 23.9. The van der Waals surface area contributed by atoms with Gasteiger partial charge in [-0.1, -0.05) is 19.9 Å². The largest absolute Gasteiger partial charge is 0.478 e. The van der Waals surface area contributed by atoms with Crippen LogP contribution in [-0.4, -0.2) is 24.2 Å². The Balaban J connectivity index is 1.76. The summed E-state index contributed by atoms with van der Waals surface area (Å²) in [6.07, 6.45) is 2.01. The number of nitrogens with one attached hydrogen (secondary N) is 1. The quantitative estimate of drug-likeness (QED) is 0.514. The zero-order valence-electron chi connectivity index (χ0n) is 19.4. The summed E-state index contributed by atoms with van der Waals surface area (Å²) in [4.78, 5) is 26.7. The first kappa shape index (κ1) is 22.8. The average molecular weight is 453 g/mol. The van der Waals surface area contributed by atoms with E-state index in [1.165, 1.54) is 6.07 Å². The van der Waals surface area contributed by atoms with E-state index < -0.39 is 17.8 Å². The maximum Gasteiger partial charge on any atom is 0.337 e. The fraction of sp³-hybridized carbons (Fsp3) is 0.385. The SMILES string of the molecule is Cc1cc(C(C)Nc2cc(F)ccc2C(=O)O)c2oc(N3CCC(C)(C)CC3)cc(=O)c2c1. The number of fused-ring (bicyclic) bond motifs is 1. The van der Waals surface area contributed by atoms with Gasteiger partial charge in [0.05, 0.1) is 22.7 Å². The van der Waals surface area contributed by atoms with Crippen molar-refractivity contribution in [3.8, 4) is 0 Å². The highest BCUT2D eigenvalue weighted by Gasteiger charge is 2.27. The molecule has 174 valence electrons. The van der Waals surface area contributed by atoms with Crippen LogP contribution in [0.1, 0.15) is 61.1 Å². The van der Waals surface area contributed by atoms with E-state index in [2.05, 4.69) is 24.1 Å². The van der Waals surface area contributed by atoms with Gasteiger partial charge >= 0.3 is 5.97 Å². The predicted octanol–water partition coefficient (Wildman–Crippen LogP) is 5.74. The van der Waals surface area contributed by atoms with Crippen LogP contribution in [0.2, 0.25) is 0 Å². The molecule has 2 aromatic carbocycles. The predicted molar refractivity (Wildman–Crippen MR) is 128 cm³/mol. The molecule has 0 saturated carbocycles. The number of aromatic carboxylic acids is 1. The van der Waals surface area contributed by atoms with Crippen molar-refractivity contribution in [2.45, 2.75) is 46.6 Å². The van der Waals surface area contributed by atoms with Crippen molar-refractivity contribution in [2.24, 2.45) is 5.41 Å². The Bertz CT molecular complexity index is 1270. The first-order valence-electron chi connectivity index (χ1n) is 11.2. The molecule has 1 aliphatic heterocycles. The number of rotatable bonds is 5. The van der Waals surface area contributed by atoms with Crippen molar-refractivity contribution < 1.29 is 18.7 Å². The smallest absolute Gasteiger partial charge is 0.337 e. The summed E-state index contributed by atoms with van der Waals surface area (Å²) in [5, 5.41) is 13.1. The molecule has 33 heavy (non-hydrogen) atoms. The van der Waals surface area contributed by atoms with Gasteiger partial charge in [-0.05, 0) is 61.9 Å². The molecule has 0 spiro atoms. The summed E-state index contributed by atoms with van der Waals surface area (Å²) in [6.45, 7) is 9.82. The monoisotopic (exact) mass is 452 g/mol. The summed E-state index contributed by atoms with van der Waals surface area (Å²) in [6, 6.07) is 8.33. The molecule has 1 saturated heterocycles. The number of hydrogen-bond acceptors (Lipinski definition) is 5. The summed E-state index contributed by atoms with van der Waals surface area (Å²) in [5.41, 5.74) is 2.33. The lowest BCUT2D eigenvalue weighted by Crippen LogP contribution is -2.37. The molecule has 1 aliphatic rings. The third-order valence-electron chi connectivity index (χ3n) is 6.47. The fourth-order valence-corrected chi connectivity index (χ4v) is 4.37. The summed E-state index contributed by atoms with van der Waals surface area (Å²) < 4.78 is 20.1. The minimum absolute atomic E-state index is 0.0294. The number of piperidine rings is 1. The standard InChI is InChI=1S/C26H29FN2O4/c1-15-11-19(16(2)28-21-13-17(27)5-6-18(21)25(31)32)24-20(12-15)22(30)14-23(33-24)29-9-7-26(3,4)8-10-29/h5-6,11-14,16,28H,7-10H2,1-4H3,(H,31,32). The van der Waals surface area contributed by atoms with E-state index in [1.54, 1.807) is 12.1 Å². The number of carboxylic acids is 1. The molecule has 1 fully saturated rings. The molecule has 2 N–H and O–H groups in total. The lowest BCUT2D eigenvalue weighted by Gasteiger charge is -2.37. The summed E-state index contributed by atoms with van der Waals surface area (Å²) >= 11 is 0. The number of halogens is 1. The molecule has 1 atom stereocenters. The van der Waals surface area contributed by atoms with Crippen LogP contribution in [0, 0.1) is 18.2 Å². The minimum atomic E-state index is -1.15. The molecule has 3 aromatic rings.